The zero-order chi connectivity index (χ0) is 11.8. The summed E-state index contributed by atoms with van der Waals surface area (Å²) in [6.07, 6.45) is 4.87. The van der Waals surface area contributed by atoms with Gasteiger partial charge in [0, 0.05) is 22.6 Å². The van der Waals surface area contributed by atoms with Crippen LogP contribution in [0, 0.1) is 12.8 Å². The fourth-order valence-electron chi connectivity index (χ4n) is 3.19. The minimum atomic E-state index is 0.436. The van der Waals surface area contributed by atoms with E-state index in [1.807, 2.05) is 0 Å². The number of nitrogens with two attached hydrogens (primary N) is 1. The highest BCUT2D eigenvalue weighted by Crippen LogP contribution is 2.31. The van der Waals surface area contributed by atoms with E-state index in [1.165, 1.54) is 47.8 Å². The second kappa shape index (κ2) is 4.19. The molecular weight excluding hydrogens is 208 g/mol. The van der Waals surface area contributed by atoms with E-state index >= 15 is 0 Å². The van der Waals surface area contributed by atoms with Crippen molar-refractivity contribution < 1.29 is 0 Å². The Bertz CT molecular complexity index is 527. The molecule has 1 aliphatic rings. The summed E-state index contributed by atoms with van der Waals surface area (Å²) >= 11 is 0. The fraction of sp³-hybridized carbons (Fsp3) is 0.467. The molecule has 1 fully saturated rings. The number of benzene rings is 1. The molecule has 0 radical (unpaired) electrons. The van der Waals surface area contributed by atoms with Crippen molar-refractivity contribution in [2.45, 2.75) is 38.6 Å². The molecule has 1 aromatic carbocycles. The van der Waals surface area contributed by atoms with Crippen molar-refractivity contribution in [1.29, 1.82) is 0 Å². The summed E-state index contributed by atoms with van der Waals surface area (Å²) in [5, 5.41) is 1.39. The Morgan fingerprint density at radius 1 is 1.29 bits per heavy atom. The summed E-state index contributed by atoms with van der Waals surface area (Å²) in [6.45, 7) is 2.18. The molecule has 1 heterocycles. The molecule has 0 amide bonds. The molecule has 0 bridgehead atoms. The lowest BCUT2D eigenvalue weighted by Crippen LogP contribution is -2.15. The van der Waals surface area contributed by atoms with Gasteiger partial charge in [-0.1, -0.05) is 18.2 Å². The zero-order valence-electron chi connectivity index (χ0n) is 10.4. The van der Waals surface area contributed by atoms with Gasteiger partial charge < -0.3 is 10.7 Å². The van der Waals surface area contributed by atoms with Crippen LogP contribution in [0.2, 0.25) is 0 Å². The molecular formula is C15H20N2. The molecule has 2 aromatic rings. The van der Waals surface area contributed by atoms with E-state index in [-0.39, 0.29) is 0 Å². The average Bonchev–Trinajstić information content (AvgIpc) is 2.85. The first-order chi connectivity index (χ1) is 8.24. The van der Waals surface area contributed by atoms with Gasteiger partial charge in [0.2, 0.25) is 0 Å². The highest BCUT2D eigenvalue weighted by atomic mass is 14.7. The number of hydrogen-bond donors (Lipinski definition) is 2. The Morgan fingerprint density at radius 3 is 2.88 bits per heavy atom. The van der Waals surface area contributed by atoms with Crippen molar-refractivity contribution in [2.75, 3.05) is 0 Å². The van der Waals surface area contributed by atoms with E-state index in [0.717, 1.165) is 5.92 Å². The SMILES string of the molecule is Cc1[nH]c2ccccc2c1C[C@@H]1CC[C@@H](N)C1. The topological polar surface area (TPSA) is 41.8 Å². The van der Waals surface area contributed by atoms with Crippen LogP contribution >= 0.6 is 0 Å². The summed E-state index contributed by atoms with van der Waals surface area (Å²) in [5.74, 6) is 0.780. The van der Waals surface area contributed by atoms with Gasteiger partial charge >= 0.3 is 0 Å². The summed E-state index contributed by atoms with van der Waals surface area (Å²) in [7, 11) is 0. The minimum Gasteiger partial charge on any atom is -0.358 e. The van der Waals surface area contributed by atoms with Crippen molar-refractivity contribution in [2.24, 2.45) is 11.7 Å². The predicted octanol–water partition coefficient (Wildman–Crippen LogP) is 3.15. The van der Waals surface area contributed by atoms with Gasteiger partial charge in [-0.3, -0.25) is 0 Å². The molecule has 0 unspecified atom stereocenters. The quantitative estimate of drug-likeness (QED) is 0.814. The maximum atomic E-state index is 6.00. The first-order valence-electron chi connectivity index (χ1n) is 6.56. The van der Waals surface area contributed by atoms with Crippen molar-refractivity contribution in [3.63, 3.8) is 0 Å². The normalized spacial score (nSPS) is 24.6. The van der Waals surface area contributed by atoms with Crippen LogP contribution in [0.4, 0.5) is 0 Å². The molecule has 0 saturated heterocycles. The molecule has 17 heavy (non-hydrogen) atoms. The van der Waals surface area contributed by atoms with Gasteiger partial charge in [-0.2, -0.15) is 0 Å². The molecule has 0 spiro atoms. The number of aromatic nitrogens is 1. The maximum absolute atomic E-state index is 6.00. The lowest BCUT2D eigenvalue weighted by molar-refractivity contribution is 0.535. The first kappa shape index (κ1) is 10.8. The number of fused-ring (bicyclic) bond motifs is 1. The fourth-order valence-corrected chi connectivity index (χ4v) is 3.19. The van der Waals surface area contributed by atoms with E-state index in [9.17, 15) is 0 Å². The molecule has 0 aliphatic heterocycles. The Hall–Kier alpha value is -1.28. The van der Waals surface area contributed by atoms with Crippen LogP contribution < -0.4 is 5.73 Å². The highest BCUT2D eigenvalue weighted by molar-refractivity contribution is 5.84. The first-order valence-corrected chi connectivity index (χ1v) is 6.56. The number of aromatic amines is 1. The van der Waals surface area contributed by atoms with Crippen LogP contribution in [-0.4, -0.2) is 11.0 Å². The Labute approximate surface area is 102 Å². The molecule has 3 rings (SSSR count). The monoisotopic (exact) mass is 228 g/mol. The molecule has 3 N–H and O–H groups in total. The highest BCUT2D eigenvalue weighted by Gasteiger charge is 2.23. The molecule has 1 saturated carbocycles. The van der Waals surface area contributed by atoms with Crippen molar-refractivity contribution in [1.82, 2.24) is 4.98 Å². The van der Waals surface area contributed by atoms with Crippen LogP contribution in [0.1, 0.15) is 30.5 Å². The van der Waals surface area contributed by atoms with Gasteiger partial charge in [0.25, 0.3) is 0 Å². The number of H-pyrrole nitrogens is 1. The number of nitrogens with one attached hydrogen (secondary N) is 1. The summed E-state index contributed by atoms with van der Waals surface area (Å²) in [5.41, 5.74) is 10.1. The molecule has 1 aliphatic carbocycles. The van der Waals surface area contributed by atoms with E-state index in [2.05, 4.69) is 36.2 Å². The smallest absolute Gasteiger partial charge is 0.0458 e. The predicted molar refractivity (Wildman–Crippen MR) is 72.1 cm³/mol. The summed E-state index contributed by atoms with van der Waals surface area (Å²) in [6, 6.07) is 9.04. The van der Waals surface area contributed by atoms with Crippen LogP contribution in [0.3, 0.4) is 0 Å². The van der Waals surface area contributed by atoms with Gasteiger partial charge in [-0.25, -0.2) is 0 Å². The van der Waals surface area contributed by atoms with E-state index < -0.39 is 0 Å². The average molecular weight is 228 g/mol. The Kier molecular flexibility index (Phi) is 2.67. The number of hydrogen-bond acceptors (Lipinski definition) is 1. The van der Waals surface area contributed by atoms with Crippen molar-refractivity contribution in [3.05, 3.63) is 35.5 Å². The second-order valence-corrected chi connectivity index (χ2v) is 5.42. The van der Waals surface area contributed by atoms with E-state index in [0.29, 0.717) is 6.04 Å². The van der Waals surface area contributed by atoms with E-state index in [1.54, 1.807) is 0 Å². The van der Waals surface area contributed by atoms with Gasteiger partial charge in [0.15, 0.2) is 0 Å². The zero-order valence-corrected chi connectivity index (χ0v) is 10.4. The third-order valence-corrected chi connectivity index (χ3v) is 4.10. The van der Waals surface area contributed by atoms with Gasteiger partial charge in [0.05, 0.1) is 0 Å². The van der Waals surface area contributed by atoms with Crippen LogP contribution in [0.25, 0.3) is 10.9 Å². The lowest BCUT2D eigenvalue weighted by atomic mass is 9.96. The third-order valence-electron chi connectivity index (χ3n) is 4.10. The number of aryl methyl sites for hydroxylation is 1. The van der Waals surface area contributed by atoms with E-state index in [4.69, 9.17) is 5.73 Å². The Morgan fingerprint density at radius 2 is 2.12 bits per heavy atom. The Balaban J connectivity index is 1.91. The molecule has 90 valence electrons. The largest absolute Gasteiger partial charge is 0.358 e. The van der Waals surface area contributed by atoms with Gasteiger partial charge in [-0.15, -0.1) is 0 Å². The molecule has 2 nitrogen and oxygen atoms in total. The van der Waals surface area contributed by atoms with Gasteiger partial charge in [0.1, 0.15) is 0 Å². The summed E-state index contributed by atoms with van der Waals surface area (Å²) in [4.78, 5) is 3.48. The van der Waals surface area contributed by atoms with Crippen LogP contribution in [-0.2, 0) is 6.42 Å². The van der Waals surface area contributed by atoms with Crippen LogP contribution in [0.15, 0.2) is 24.3 Å². The molecule has 2 heteroatoms. The standard InChI is InChI=1S/C15H20N2/c1-10-14(9-11-6-7-12(16)8-11)13-4-2-3-5-15(13)17-10/h2-5,11-12,17H,6-9,16H2,1H3/t11-,12-/m1/s1. The maximum Gasteiger partial charge on any atom is 0.0458 e. The van der Waals surface area contributed by atoms with Crippen molar-refractivity contribution >= 4 is 10.9 Å². The van der Waals surface area contributed by atoms with Gasteiger partial charge in [-0.05, 0) is 50.2 Å². The minimum absolute atomic E-state index is 0.436. The van der Waals surface area contributed by atoms with Crippen molar-refractivity contribution in [3.8, 4) is 0 Å². The summed E-state index contributed by atoms with van der Waals surface area (Å²) < 4.78 is 0. The number of para-hydroxylation sites is 1. The van der Waals surface area contributed by atoms with Crippen LogP contribution in [0.5, 0.6) is 0 Å². The third kappa shape index (κ3) is 1.98. The second-order valence-electron chi connectivity index (χ2n) is 5.42. The molecule has 1 aromatic heterocycles. The number of rotatable bonds is 2. The lowest BCUT2D eigenvalue weighted by Gasteiger charge is -2.09. The molecule has 2 atom stereocenters.